The first-order chi connectivity index (χ1) is 19.9. The fourth-order valence-electron chi connectivity index (χ4n) is 4.71. The minimum absolute atomic E-state index is 0.0442. The van der Waals surface area contributed by atoms with E-state index in [-0.39, 0.29) is 11.1 Å². The second kappa shape index (κ2) is 11.2. The van der Waals surface area contributed by atoms with Crippen LogP contribution in [0.2, 0.25) is 0 Å². The Labute approximate surface area is 235 Å². The Hall–Kier alpha value is -3.71. The lowest BCUT2D eigenvalue weighted by atomic mass is 9.98. The van der Waals surface area contributed by atoms with Gasteiger partial charge in [-0.25, -0.2) is 0 Å². The molecular formula is C26H28O16. The van der Waals surface area contributed by atoms with Crippen LogP contribution in [-0.2, 0) is 14.2 Å². The maximum absolute atomic E-state index is 13.7. The van der Waals surface area contributed by atoms with Crippen molar-refractivity contribution in [1.82, 2.24) is 0 Å². The van der Waals surface area contributed by atoms with Crippen LogP contribution < -0.4 is 10.2 Å². The lowest BCUT2D eigenvalue weighted by Gasteiger charge is -2.42. The molecule has 8 atom stereocenters. The molecule has 2 aromatic carbocycles. The lowest BCUT2D eigenvalue weighted by Crippen LogP contribution is -2.62. The maximum Gasteiger partial charge on any atom is 0.239 e. The van der Waals surface area contributed by atoms with Gasteiger partial charge in [-0.15, -0.1) is 0 Å². The highest BCUT2D eigenvalue weighted by Crippen LogP contribution is 2.40. The second-order valence-corrected chi connectivity index (χ2v) is 9.94. The molecule has 0 spiro atoms. The number of aliphatic hydroxyl groups is 6. The number of benzene rings is 2. The summed E-state index contributed by atoms with van der Waals surface area (Å²) in [6, 6.07) is 5.21. The number of fused-ring (bicyclic) bond motifs is 1. The van der Waals surface area contributed by atoms with E-state index in [2.05, 4.69) is 0 Å². The molecule has 228 valence electrons. The van der Waals surface area contributed by atoms with E-state index in [1.54, 1.807) is 0 Å². The molecule has 10 N–H and O–H groups in total. The van der Waals surface area contributed by atoms with E-state index in [1.807, 2.05) is 0 Å². The third kappa shape index (κ3) is 5.08. The van der Waals surface area contributed by atoms with Gasteiger partial charge in [-0.05, 0) is 18.2 Å². The van der Waals surface area contributed by atoms with E-state index >= 15 is 0 Å². The van der Waals surface area contributed by atoms with Gasteiger partial charge in [0.25, 0.3) is 0 Å². The van der Waals surface area contributed by atoms with Gasteiger partial charge in [0.2, 0.25) is 17.5 Å². The molecule has 42 heavy (non-hydrogen) atoms. The van der Waals surface area contributed by atoms with E-state index in [4.69, 9.17) is 23.4 Å². The van der Waals surface area contributed by atoms with Gasteiger partial charge < -0.3 is 74.4 Å². The van der Waals surface area contributed by atoms with E-state index < -0.39 is 114 Å². The molecule has 0 bridgehead atoms. The Morgan fingerprint density at radius 1 is 0.929 bits per heavy atom. The molecule has 16 heteroatoms. The Morgan fingerprint density at radius 2 is 1.67 bits per heavy atom. The van der Waals surface area contributed by atoms with Crippen molar-refractivity contribution >= 4 is 11.0 Å². The number of aliphatic hydroxyl groups excluding tert-OH is 5. The molecule has 16 nitrogen and oxygen atoms in total. The van der Waals surface area contributed by atoms with Crippen LogP contribution in [0.25, 0.3) is 22.3 Å². The van der Waals surface area contributed by atoms with Crippen LogP contribution in [0.1, 0.15) is 0 Å². The average Bonchev–Trinajstić information content (AvgIpc) is 3.23. The van der Waals surface area contributed by atoms with Crippen LogP contribution in [-0.4, -0.2) is 120 Å². The highest BCUT2D eigenvalue weighted by atomic mass is 16.8. The van der Waals surface area contributed by atoms with E-state index in [0.717, 1.165) is 24.3 Å². The fraction of sp³-hybridized carbons (Fsp3) is 0.423. The predicted octanol–water partition coefficient (Wildman–Crippen LogP) is -2.07. The predicted molar refractivity (Wildman–Crippen MR) is 136 cm³/mol. The smallest absolute Gasteiger partial charge is 0.239 e. The Balaban J connectivity index is 1.62. The second-order valence-electron chi connectivity index (χ2n) is 9.94. The standard InChI is InChI=1S/C26H28O16/c27-6-15-17(33)19(35)22(42-25-23(36)26(37,7-28)8-38-25)24(40-15)41-21-18(34)16-13(32)4-10(29)5-14(16)39-20(21)9-1-2-11(30)12(31)3-9/h1-5,15,17,19,22-25,27-33,35-37H,6-8H2/t15-,17+,19+,22-,23-,24+,25-,26+/m1/s1. The summed E-state index contributed by atoms with van der Waals surface area (Å²) in [6.45, 7) is -2.31. The van der Waals surface area contributed by atoms with Crippen molar-refractivity contribution in [3.05, 3.63) is 40.6 Å². The van der Waals surface area contributed by atoms with E-state index in [9.17, 15) is 55.9 Å². The SMILES string of the molecule is O=c1c(O[C@@H]2O[C@H](CO)[C@H](O)[C@H](O)[C@H]2O[C@H]2OC[C@@](O)(CO)[C@@H]2O)c(-c2ccc(O)c(O)c2)oc2cc(O)cc(O)c12. The van der Waals surface area contributed by atoms with Crippen molar-refractivity contribution in [3.8, 4) is 40.1 Å². The molecule has 2 aliphatic rings. The summed E-state index contributed by atoms with van der Waals surface area (Å²) >= 11 is 0. The number of phenols is 4. The summed E-state index contributed by atoms with van der Waals surface area (Å²) in [7, 11) is 0. The molecule has 3 aromatic rings. The van der Waals surface area contributed by atoms with Crippen LogP contribution in [0.5, 0.6) is 28.7 Å². The highest BCUT2D eigenvalue weighted by molar-refractivity contribution is 5.88. The summed E-state index contributed by atoms with van der Waals surface area (Å²) < 4.78 is 28.0. The third-order valence-electron chi connectivity index (χ3n) is 7.08. The van der Waals surface area contributed by atoms with Gasteiger partial charge in [0, 0.05) is 17.7 Å². The summed E-state index contributed by atoms with van der Waals surface area (Å²) in [5, 5.41) is 101. The fourth-order valence-corrected chi connectivity index (χ4v) is 4.71. The first-order valence-electron chi connectivity index (χ1n) is 12.5. The van der Waals surface area contributed by atoms with Gasteiger partial charge in [0.1, 0.15) is 52.5 Å². The molecule has 2 aliphatic heterocycles. The zero-order valence-electron chi connectivity index (χ0n) is 21.5. The van der Waals surface area contributed by atoms with Crippen molar-refractivity contribution in [2.75, 3.05) is 19.8 Å². The van der Waals surface area contributed by atoms with Gasteiger partial charge >= 0.3 is 0 Å². The topological polar surface area (TPSA) is 269 Å². The third-order valence-corrected chi connectivity index (χ3v) is 7.08. The average molecular weight is 596 g/mol. The molecule has 0 saturated carbocycles. The molecule has 1 aromatic heterocycles. The minimum Gasteiger partial charge on any atom is -0.508 e. The zero-order chi connectivity index (χ0) is 30.5. The molecule has 2 fully saturated rings. The van der Waals surface area contributed by atoms with Gasteiger partial charge in [0.15, 0.2) is 29.7 Å². The molecule has 5 rings (SSSR count). The van der Waals surface area contributed by atoms with Crippen LogP contribution in [0.15, 0.2) is 39.5 Å². The van der Waals surface area contributed by atoms with E-state index in [0.29, 0.717) is 0 Å². The Kier molecular flexibility index (Phi) is 7.92. The number of rotatable bonds is 7. The summed E-state index contributed by atoms with van der Waals surface area (Å²) in [6.07, 6.45) is -12.3. The van der Waals surface area contributed by atoms with Crippen molar-refractivity contribution in [3.63, 3.8) is 0 Å². The molecule has 2 saturated heterocycles. The number of aromatic hydroxyl groups is 4. The first kappa shape index (κ1) is 29.8. The number of ether oxygens (including phenoxy) is 4. The van der Waals surface area contributed by atoms with E-state index in [1.165, 1.54) is 6.07 Å². The van der Waals surface area contributed by atoms with Crippen molar-refractivity contribution in [2.45, 2.75) is 48.7 Å². The lowest BCUT2D eigenvalue weighted by molar-refractivity contribution is -0.319. The number of phenolic OH excluding ortho intramolecular Hbond substituents is 4. The monoisotopic (exact) mass is 596 g/mol. The Morgan fingerprint density at radius 3 is 2.31 bits per heavy atom. The molecule has 3 heterocycles. The van der Waals surface area contributed by atoms with Gasteiger partial charge in [0.05, 0.1) is 19.8 Å². The van der Waals surface area contributed by atoms with Crippen LogP contribution in [0.4, 0.5) is 0 Å². The van der Waals surface area contributed by atoms with Crippen LogP contribution in [0.3, 0.4) is 0 Å². The van der Waals surface area contributed by atoms with Gasteiger partial charge in [-0.1, -0.05) is 0 Å². The molecule has 0 unspecified atom stereocenters. The zero-order valence-corrected chi connectivity index (χ0v) is 21.5. The van der Waals surface area contributed by atoms with Crippen molar-refractivity contribution in [2.24, 2.45) is 0 Å². The van der Waals surface area contributed by atoms with Crippen LogP contribution in [0, 0.1) is 0 Å². The number of hydrogen-bond acceptors (Lipinski definition) is 16. The minimum atomic E-state index is -2.12. The summed E-state index contributed by atoms with van der Waals surface area (Å²) in [5.41, 5.74) is -3.51. The quantitative estimate of drug-likeness (QED) is 0.131. The number of hydrogen-bond donors (Lipinski definition) is 10. The summed E-state index contributed by atoms with van der Waals surface area (Å²) in [4.78, 5) is 13.7. The maximum atomic E-state index is 13.7. The molecule has 0 aliphatic carbocycles. The molecule has 0 radical (unpaired) electrons. The van der Waals surface area contributed by atoms with Crippen LogP contribution >= 0.6 is 0 Å². The highest BCUT2D eigenvalue weighted by Gasteiger charge is 2.53. The van der Waals surface area contributed by atoms with Crippen molar-refractivity contribution < 1.29 is 74.4 Å². The van der Waals surface area contributed by atoms with Gasteiger partial charge in [-0.2, -0.15) is 0 Å². The normalized spacial score (nSPS) is 31.4. The largest absolute Gasteiger partial charge is 0.508 e. The van der Waals surface area contributed by atoms with Crippen molar-refractivity contribution in [1.29, 1.82) is 0 Å². The molecule has 0 amide bonds. The Bertz CT molecular complexity index is 1520. The van der Waals surface area contributed by atoms with Gasteiger partial charge in [-0.3, -0.25) is 4.79 Å². The molecular weight excluding hydrogens is 568 g/mol. The first-order valence-corrected chi connectivity index (χ1v) is 12.5. The summed E-state index contributed by atoms with van der Waals surface area (Å²) in [5.74, 6) is -3.39.